The number of carbonyl (C=O) groups is 3. The van der Waals surface area contributed by atoms with E-state index in [0.29, 0.717) is 29.5 Å². The van der Waals surface area contributed by atoms with Crippen LogP contribution in [0.4, 0.5) is 16.2 Å². The molecule has 0 spiro atoms. The molecule has 2 atom stereocenters. The van der Waals surface area contributed by atoms with Gasteiger partial charge in [0.1, 0.15) is 5.75 Å². The van der Waals surface area contributed by atoms with Crippen LogP contribution in [0.25, 0.3) is 0 Å². The zero-order valence-corrected chi connectivity index (χ0v) is 23.7. The van der Waals surface area contributed by atoms with E-state index in [2.05, 4.69) is 34.8 Å². The second-order valence-electron chi connectivity index (χ2n) is 9.95. The SMILES string of the molecule is COc1cc(CC(=O)NC(CC(C)C)c2cnc(CC(C)C(=O)O)s2)ccc1NC(=O)Nc1ccccc1C. The van der Waals surface area contributed by atoms with Gasteiger partial charge in [-0.15, -0.1) is 11.3 Å². The molecule has 4 N–H and O–H groups in total. The summed E-state index contributed by atoms with van der Waals surface area (Å²) in [6, 6.07) is 12.1. The highest BCUT2D eigenvalue weighted by Gasteiger charge is 2.21. The van der Waals surface area contributed by atoms with Crippen LogP contribution in [0.3, 0.4) is 0 Å². The minimum absolute atomic E-state index is 0.127. The van der Waals surface area contributed by atoms with Gasteiger partial charge in [0.2, 0.25) is 5.91 Å². The first kappa shape index (κ1) is 29.6. The minimum atomic E-state index is -0.859. The number of benzene rings is 2. The number of nitrogens with one attached hydrogen (secondary N) is 3. The molecular formula is C29H36N4O5S. The lowest BCUT2D eigenvalue weighted by Gasteiger charge is -2.19. The van der Waals surface area contributed by atoms with Crippen molar-refractivity contribution in [1.82, 2.24) is 10.3 Å². The summed E-state index contributed by atoms with van der Waals surface area (Å²) >= 11 is 1.44. The molecule has 2 aromatic carbocycles. The van der Waals surface area contributed by atoms with Gasteiger partial charge in [-0.05, 0) is 48.6 Å². The molecule has 0 saturated carbocycles. The molecule has 9 nitrogen and oxygen atoms in total. The molecule has 3 rings (SSSR count). The number of carbonyl (C=O) groups excluding carboxylic acids is 2. The third kappa shape index (κ3) is 8.81. The first-order chi connectivity index (χ1) is 18.5. The Hall–Kier alpha value is -3.92. The Morgan fingerprint density at radius 1 is 1.05 bits per heavy atom. The molecule has 0 saturated heterocycles. The number of aromatic nitrogens is 1. The van der Waals surface area contributed by atoms with Crippen LogP contribution in [0.15, 0.2) is 48.7 Å². The number of para-hydroxylation sites is 1. The maximum Gasteiger partial charge on any atom is 0.323 e. The number of hydrogen-bond acceptors (Lipinski definition) is 6. The highest BCUT2D eigenvalue weighted by Crippen LogP contribution is 2.29. The van der Waals surface area contributed by atoms with Crippen LogP contribution in [-0.2, 0) is 22.4 Å². The van der Waals surface area contributed by atoms with Gasteiger partial charge in [0.15, 0.2) is 0 Å². The molecule has 0 aliphatic carbocycles. The lowest BCUT2D eigenvalue weighted by Crippen LogP contribution is -2.30. The zero-order valence-electron chi connectivity index (χ0n) is 22.9. The van der Waals surface area contributed by atoms with Crippen molar-refractivity contribution >= 4 is 40.6 Å². The van der Waals surface area contributed by atoms with E-state index in [1.165, 1.54) is 18.4 Å². The highest BCUT2D eigenvalue weighted by atomic mass is 32.1. The summed E-state index contributed by atoms with van der Waals surface area (Å²) in [5.74, 6) is -0.770. The number of aryl methyl sites for hydroxylation is 1. The monoisotopic (exact) mass is 552 g/mol. The number of anilines is 2. The maximum absolute atomic E-state index is 13.0. The van der Waals surface area contributed by atoms with Crippen LogP contribution in [0.5, 0.6) is 5.75 Å². The second kappa shape index (κ2) is 13.7. The average molecular weight is 553 g/mol. The summed E-state index contributed by atoms with van der Waals surface area (Å²) in [7, 11) is 1.51. The fourth-order valence-electron chi connectivity index (χ4n) is 4.02. The summed E-state index contributed by atoms with van der Waals surface area (Å²) in [5.41, 5.74) is 2.87. The van der Waals surface area contributed by atoms with Crippen LogP contribution in [0.2, 0.25) is 0 Å². The second-order valence-corrected chi connectivity index (χ2v) is 11.1. The van der Waals surface area contributed by atoms with Gasteiger partial charge in [0.05, 0.1) is 36.2 Å². The molecule has 3 aromatic rings. The van der Waals surface area contributed by atoms with E-state index >= 15 is 0 Å². The van der Waals surface area contributed by atoms with E-state index in [1.54, 1.807) is 31.3 Å². The molecule has 10 heteroatoms. The van der Waals surface area contributed by atoms with Crippen molar-refractivity contribution in [3.05, 3.63) is 69.7 Å². The quantitative estimate of drug-likeness (QED) is 0.224. The van der Waals surface area contributed by atoms with E-state index in [0.717, 1.165) is 27.4 Å². The van der Waals surface area contributed by atoms with Gasteiger partial charge in [-0.3, -0.25) is 9.59 Å². The van der Waals surface area contributed by atoms with E-state index in [9.17, 15) is 19.5 Å². The molecule has 0 radical (unpaired) electrons. The number of amides is 3. The summed E-state index contributed by atoms with van der Waals surface area (Å²) in [6.07, 6.45) is 2.94. The Morgan fingerprint density at radius 2 is 1.77 bits per heavy atom. The van der Waals surface area contributed by atoms with Crippen molar-refractivity contribution < 1.29 is 24.2 Å². The third-order valence-corrected chi connectivity index (χ3v) is 7.27. The molecule has 0 bridgehead atoms. The number of urea groups is 1. The maximum atomic E-state index is 13.0. The van der Waals surface area contributed by atoms with Gasteiger partial charge in [-0.1, -0.05) is 45.0 Å². The number of methoxy groups -OCH3 is 1. The molecule has 3 amide bonds. The van der Waals surface area contributed by atoms with Crippen LogP contribution in [0.1, 0.15) is 54.2 Å². The molecule has 2 unspecified atom stereocenters. The lowest BCUT2D eigenvalue weighted by molar-refractivity contribution is -0.141. The van der Waals surface area contributed by atoms with Crippen LogP contribution in [-0.4, -0.2) is 35.1 Å². The lowest BCUT2D eigenvalue weighted by atomic mass is 10.0. The molecule has 0 aliphatic heterocycles. The Bertz CT molecular complexity index is 1310. The van der Waals surface area contributed by atoms with E-state index in [1.807, 2.05) is 31.2 Å². The van der Waals surface area contributed by atoms with Gasteiger partial charge in [-0.25, -0.2) is 9.78 Å². The fourth-order valence-corrected chi connectivity index (χ4v) is 5.13. The molecule has 0 fully saturated rings. The molecule has 1 aromatic heterocycles. The van der Waals surface area contributed by atoms with Crippen LogP contribution in [0, 0.1) is 18.8 Å². The number of carboxylic acids is 1. The number of thiazole rings is 1. The Kier molecular flexibility index (Phi) is 10.4. The number of rotatable bonds is 12. The first-order valence-corrected chi connectivity index (χ1v) is 13.6. The number of hydrogen-bond donors (Lipinski definition) is 4. The average Bonchev–Trinajstić information content (AvgIpc) is 3.34. The zero-order chi connectivity index (χ0) is 28.5. The molecular weight excluding hydrogens is 516 g/mol. The molecule has 0 aliphatic rings. The Labute approximate surface area is 233 Å². The largest absolute Gasteiger partial charge is 0.495 e. The molecule has 1 heterocycles. The summed E-state index contributed by atoms with van der Waals surface area (Å²) in [5, 5.41) is 18.7. The molecule has 208 valence electrons. The fraction of sp³-hybridized carbons (Fsp3) is 0.379. The predicted octanol–water partition coefficient (Wildman–Crippen LogP) is 5.81. The minimum Gasteiger partial charge on any atom is -0.495 e. The molecule has 39 heavy (non-hydrogen) atoms. The number of ether oxygens (including phenoxy) is 1. The number of carboxylic acid groups (broad SMARTS) is 1. The smallest absolute Gasteiger partial charge is 0.323 e. The first-order valence-electron chi connectivity index (χ1n) is 12.8. The van der Waals surface area contributed by atoms with Gasteiger partial charge >= 0.3 is 12.0 Å². The topological polar surface area (TPSA) is 130 Å². The van der Waals surface area contributed by atoms with Crippen molar-refractivity contribution in [2.45, 2.75) is 53.0 Å². The number of aliphatic carboxylic acids is 1. The number of nitrogens with zero attached hydrogens (tertiary/aromatic N) is 1. The normalized spacial score (nSPS) is 12.5. The predicted molar refractivity (Wildman–Crippen MR) is 153 cm³/mol. The van der Waals surface area contributed by atoms with Gasteiger partial charge in [-0.2, -0.15) is 0 Å². The van der Waals surface area contributed by atoms with E-state index in [-0.39, 0.29) is 18.4 Å². The van der Waals surface area contributed by atoms with Crippen LogP contribution >= 0.6 is 11.3 Å². The Morgan fingerprint density at radius 3 is 2.44 bits per heavy atom. The Balaban J connectivity index is 1.65. The highest BCUT2D eigenvalue weighted by molar-refractivity contribution is 7.11. The van der Waals surface area contributed by atoms with Crippen molar-refractivity contribution in [2.24, 2.45) is 11.8 Å². The van der Waals surface area contributed by atoms with Crippen molar-refractivity contribution in [3.63, 3.8) is 0 Å². The summed E-state index contributed by atoms with van der Waals surface area (Å²) in [6.45, 7) is 7.73. The standard InChI is InChI=1S/C29H36N4O5S/c1-17(2)12-23(25-16-30-27(39-25)13-19(4)28(35)36)31-26(34)15-20-10-11-22(24(14-20)38-5)33-29(37)32-21-9-7-6-8-18(21)3/h6-11,14,16-17,19,23H,12-13,15H2,1-5H3,(H,31,34)(H,35,36)(H2,32,33,37). The third-order valence-electron chi connectivity index (χ3n) is 6.13. The van der Waals surface area contributed by atoms with Crippen molar-refractivity contribution in [1.29, 1.82) is 0 Å². The van der Waals surface area contributed by atoms with Gasteiger partial charge < -0.3 is 25.8 Å². The van der Waals surface area contributed by atoms with E-state index in [4.69, 9.17) is 4.74 Å². The summed E-state index contributed by atoms with van der Waals surface area (Å²) < 4.78 is 5.47. The van der Waals surface area contributed by atoms with Gasteiger partial charge in [0.25, 0.3) is 0 Å². The van der Waals surface area contributed by atoms with Crippen molar-refractivity contribution in [2.75, 3.05) is 17.7 Å². The van der Waals surface area contributed by atoms with Gasteiger partial charge in [0, 0.05) is 23.2 Å². The van der Waals surface area contributed by atoms with E-state index < -0.39 is 17.9 Å². The summed E-state index contributed by atoms with van der Waals surface area (Å²) in [4.78, 5) is 42.1. The van der Waals surface area contributed by atoms with Crippen molar-refractivity contribution in [3.8, 4) is 5.75 Å². The van der Waals surface area contributed by atoms with Crippen LogP contribution < -0.4 is 20.7 Å².